The number of allylic oxidation sites excluding steroid dienone is 2. The van der Waals surface area contributed by atoms with Crippen molar-refractivity contribution in [3.63, 3.8) is 0 Å². The standard InChI is InChI=1S/C23H31NOS/c1-4-6-16-24(17-7-5-2)21-15-14-20(23(19-21)25-3)11-8-9-12-22-13-10-18-26-22/h8-15,18-19H,4-7,16-17H2,1-3H3/b11-8+,12-9+. The van der Waals surface area contributed by atoms with Gasteiger partial charge in [-0.1, -0.05) is 51.0 Å². The van der Waals surface area contributed by atoms with Crippen molar-refractivity contribution < 1.29 is 4.74 Å². The lowest BCUT2D eigenvalue weighted by Gasteiger charge is -2.25. The molecule has 0 aliphatic carbocycles. The topological polar surface area (TPSA) is 12.5 Å². The lowest BCUT2D eigenvalue weighted by atomic mass is 10.1. The molecule has 1 aromatic heterocycles. The zero-order chi connectivity index (χ0) is 18.6. The first kappa shape index (κ1) is 20.3. The number of anilines is 1. The molecule has 3 heteroatoms. The lowest BCUT2D eigenvalue weighted by Crippen LogP contribution is -2.25. The van der Waals surface area contributed by atoms with E-state index in [4.69, 9.17) is 4.74 Å². The fraction of sp³-hybridized carbons (Fsp3) is 0.391. The Bertz CT molecular complexity index is 680. The number of benzene rings is 1. The first-order valence-corrected chi connectivity index (χ1v) is 10.5. The van der Waals surface area contributed by atoms with E-state index in [0.29, 0.717) is 0 Å². The van der Waals surface area contributed by atoms with Crippen LogP contribution >= 0.6 is 11.3 Å². The van der Waals surface area contributed by atoms with Crippen molar-refractivity contribution in [2.45, 2.75) is 39.5 Å². The Kier molecular flexibility index (Phi) is 9.05. The number of methoxy groups -OCH3 is 1. The van der Waals surface area contributed by atoms with E-state index in [1.807, 2.05) is 0 Å². The summed E-state index contributed by atoms with van der Waals surface area (Å²) in [5.74, 6) is 0.932. The predicted octanol–water partition coefficient (Wildman–Crippen LogP) is 6.89. The molecule has 0 aliphatic heterocycles. The Morgan fingerprint density at radius 3 is 2.35 bits per heavy atom. The van der Waals surface area contributed by atoms with Crippen molar-refractivity contribution in [3.8, 4) is 5.75 Å². The molecule has 1 aromatic carbocycles. The van der Waals surface area contributed by atoms with E-state index in [1.165, 1.54) is 36.2 Å². The summed E-state index contributed by atoms with van der Waals surface area (Å²) in [6.45, 7) is 6.71. The molecule has 2 nitrogen and oxygen atoms in total. The van der Waals surface area contributed by atoms with Gasteiger partial charge < -0.3 is 9.64 Å². The highest BCUT2D eigenvalue weighted by atomic mass is 32.1. The quantitative estimate of drug-likeness (QED) is 0.400. The monoisotopic (exact) mass is 369 g/mol. The minimum absolute atomic E-state index is 0.932. The number of ether oxygens (including phenoxy) is 1. The largest absolute Gasteiger partial charge is 0.496 e. The SMILES string of the molecule is CCCCN(CCCC)c1ccc(/C=C/C=C/c2cccs2)c(OC)c1. The maximum atomic E-state index is 5.65. The summed E-state index contributed by atoms with van der Waals surface area (Å²) in [5.41, 5.74) is 2.37. The van der Waals surface area contributed by atoms with Gasteiger partial charge in [-0.15, -0.1) is 11.3 Å². The van der Waals surface area contributed by atoms with Crippen molar-refractivity contribution >= 4 is 29.2 Å². The molecule has 0 saturated carbocycles. The smallest absolute Gasteiger partial charge is 0.128 e. The summed E-state index contributed by atoms with van der Waals surface area (Å²) >= 11 is 1.74. The highest BCUT2D eigenvalue weighted by molar-refractivity contribution is 7.10. The van der Waals surface area contributed by atoms with Crippen LogP contribution < -0.4 is 9.64 Å². The third-order valence-corrected chi connectivity index (χ3v) is 5.17. The van der Waals surface area contributed by atoms with Gasteiger partial charge in [-0.25, -0.2) is 0 Å². The van der Waals surface area contributed by atoms with E-state index >= 15 is 0 Å². The minimum atomic E-state index is 0.932. The molecule has 0 saturated heterocycles. The number of hydrogen-bond donors (Lipinski definition) is 0. The summed E-state index contributed by atoms with van der Waals surface area (Å²) in [4.78, 5) is 3.75. The van der Waals surface area contributed by atoms with Gasteiger partial charge in [-0.3, -0.25) is 0 Å². The van der Waals surface area contributed by atoms with Crippen LogP contribution in [0.25, 0.3) is 12.2 Å². The van der Waals surface area contributed by atoms with E-state index in [1.54, 1.807) is 18.4 Å². The third-order valence-electron chi connectivity index (χ3n) is 4.34. The molecule has 0 radical (unpaired) electrons. The van der Waals surface area contributed by atoms with E-state index < -0.39 is 0 Å². The van der Waals surface area contributed by atoms with E-state index in [2.05, 4.69) is 78.8 Å². The molecule has 0 bridgehead atoms. The summed E-state index contributed by atoms with van der Waals surface area (Å²) in [5, 5.41) is 2.09. The molecule has 0 spiro atoms. The molecule has 0 fully saturated rings. The van der Waals surface area contributed by atoms with Crippen LogP contribution in [0.2, 0.25) is 0 Å². The zero-order valence-electron chi connectivity index (χ0n) is 16.3. The number of hydrogen-bond acceptors (Lipinski definition) is 3. The number of thiophene rings is 1. The summed E-state index contributed by atoms with van der Waals surface area (Å²) in [7, 11) is 1.75. The first-order chi connectivity index (χ1) is 12.8. The van der Waals surface area contributed by atoms with Crippen LogP contribution in [0.4, 0.5) is 5.69 Å². The fourth-order valence-corrected chi connectivity index (χ4v) is 3.43. The number of nitrogens with zero attached hydrogens (tertiary/aromatic N) is 1. The van der Waals surface area contributed by atoms with Gasteiger partial charge in [-0.05, 0) is 42.5 Å². The molecule has 0 amide bonds. The average Bonchev–Trinajstić information content (AvgIpc) is 3.19. The predicted molar refractivity (Wildman–Crippen MR) is 117 cm³/mol. The Balaban J connectivity index is 2.11. The number of rotatable bonds is 11. The van der Waals surface area contributed by atoms with Gasteiger partial charge in [0, 0.05) is 35.3 Å². The Morgan fingerprint density at radius 2 is 1.73 bits per heavy atom. The van der Waals surface area contributed by atoms with Crippen molar-refractivity contribution in [2.24, 2.45) is 0 Å². The van der Waals surface area contributed by atoms with Crippen molar-refractivity contribution in [3.05, 3.63) is 58.3 Å². The minimum Gasteiger partial charge on any atom is -0.496 e. The maximum absolute atomic E-state index is 5.65. The van der Waals surface area contributed by atoms with Crippen molar-refractivity contribution in [1.82, 2.24) is 0 Å². The molecule has 1 heterocycles. The second-order valence-electron chi connectivity index (χ2n) is 6.35. The zero-order valence-corrected chi connectivity index (χ0v) is 17.1. The Labute approximate surface area is 162 Å². The van der Waals surface area contributed by atoms with E-state index in [-0.39, 0.29) is 0 Å². The first-order valence-electron chi connectivity index (χ1n) is 9.59. The summed E-state index contributed by atoms with van der Waals surface area (Å²) in [6, 6.07) is 10.7. The molecule has 2 aromatic rings. The highest BCUT2D eigenvalue weighted by Gasteiger charge is 2.09. The molecule has 0 N–H and O–H groups in total. The molecule has 0 aliphatic rings. The molecule has 26 heavy (non-hydrogen) atoms. The van der Waals surface area contributed by atoms with Gasteiger partial charge in [0.05, 0.1) is 7.11 Å². The maximum Gasteiger partial charge on any atom is 0.128 e. The van der Waals surface area contributed by atoms with Crippen molar-refractivity contribution in [1.29, 1.82) is 0 Å². The van der Waals surface area contributed by atoms with Gasteiger partial charge in [-0.2, -0.15) is 0 Å². The van der Waals surface area contributed by atoms with Crippen LogP contribution in [-0.4, -0.2) is 20.2 Å². The van der Waals surface area contributed by atoms with Crippen LogP contribution in [0.3, 0.4) is 0 Å². The van der Waals surface area contributed by atoms with Crippen LogP contribution in [0.15, 0.2) is 47.9 Å². The van der Waals surface area contributed by atoms with E-state index in [9.17, 15) is 0 Å². The van der Waals surface area contributed by atoms with Gasteiger partial charge in [0.25, 0.3) is 0 Å². The average molecular weight is 370 g/mol. The molecular weight excluding hydrogens is 338 g/mol. The third kappa shape index (κ3) is 6.38. The fourth-order valence-electron chi connectivity index (χ4n) is 2.80. The molecule has 0 atom stereocenters. The van der Waals surface area contributed by atoms with Crippen LogP contribution in [0.1, 0.15) is 50.0 Å². The summed E-state index contributed by atoms with van der Waals surface area (Å²) in [6.07, 6.45) is 13.3. The molecule has 140 valence electrons. The highest BCUT2D eigenvalue weighted by Crippen LogP contribution is 2.27. The summed E-state index contributed by atoms with van der Waals surface area (Å²) < 4.78 is 5.65. The van der Waals surface area contributed by atoms with Crippen molar-refractivity contribution in [2.75, 3.05) is 25.1 Å². The lowest BCUT2D eigenvalue weighted by molar-refractivity contribution is 0.414. The van der Waals surface area contributed by atoms with Gasteiger partial charge in [0.2, 0.25) is 0 Å². The van der Waals surface area contributed by atoms with Gasteiger partial charge in [0.15, 0.2) is 0 Å². The molecule has 2 rings (SSSR count). The Hall–Kier alpha value is -2.00. The Morgan fingerprint density at radius 1 is 1.00 bits per heavy atom. The second kappa shape index (κ2) is 11.6. The van der Waals surface area contributed by atoms with Gasteiger partial charge >= 0.3 is 0 Å². The van der Waals surface area contributed by atoms with E-state index in [0.717, 1.165) is 24.4 Å². The van der Waals surface area contributed by atoms with Crippen LogP contribution in [0, 0.1) is 0 Å². The molecule has 0 unspecified atom stereocenters. The van der Waals surface area contributed by atoms with Crippen LogP contribution in [-0.2, 0) is 0 Å². The van der Waals surface area contributed by atoms with Gasteiger partial charge in [0.1, 0.15) is 5.75 Å². The van der Waals surface area contributed by atoms with Crippen LogP contribution in [0.5, 0.6) is 5.75 Å². The normalized spacial score (nSPS) is 11.5. The second-order valence-corrected chi connectivity index (χ2v) is 7.33. The molecular formula is C23H31NOS. The number of unbranched alkanes of at least 4 members (excludes halogenated alkanes) is 2.